The van der Waals surface area contributed by atoms with Crippen LogP contribution in [0, 0.1) is 0 Å². The number of carbonyl (C=O) groups excluding carboxylic acids is 1. The number of benzene rings is 2. The Balaban J connectivity index is 1.08. The van der Waals surface area contributed by atoms with Crippen molar-refractivity contribution in [3.05, 3.63) is 76.4 Å². The average molecular weight is 572 g/mol. The zero-order valence-corrected chi connectivity index (χ0v) is 23.6. The standard InChI is InChI=1S/C28H32Cl2N6OS/c29-23-8-4-5-9-24(23)35-14-16-36(17-15-35)26-18-25(30)32-28(33-26)38-20-27(37)31-22-10-12-34(13-11-22)19-21-6-2-1-3-7-21/h1-9,18,22H,10-17,19-20H2,(H,31,37). The van der Waals surface area contributed by atoms with Crippen LogP contribution in [-0.4, -0.2) is 71.8 Å². The number of rotatable bonds is 8. The van der Waals surface area contributed by atoms with Gasteiger partial charge in [-0.2, -0.15) is 0 Å². The van der Waals surface area contributed by atoms with Crippen molar-refractivity contribution in [3.63, 3.8) is 0 Å². The highest BCUT2D eigenvalue weighted by molar-refractivity contribution is 7.99. The molecule has 2 saturated heterocycles. The number of nitrogens with zero attached hydrogens (tertiary/aromatic N) is 5. The molecule has 0 spiro atoms. The van der Waals surface area contributed by atoms with Gasteiger partial charge in [0.15, 0.2) is 5.16 Å². The molecule has 0 aliphatic carbocycles. The first-order valence-electron chi connectivity index (χ1n) is 13.0. The number of piperidine rings is 1. The first-order valence-corrected chi connectivity index (χ1v) is 14.7. The molecule has 1 amide bonds. The number of amides is 1. The van der Waals surface area contributed by atoms with E-state index >= 15 is 0 Å². The molecule has 2 aliphatic heterocycles. The number of hydrogen-bond acceptors (Lipinski definition) is 7. The smallest absolute Gasteiger partial charge is 0.230 e. The molecule has 0 atom stereocenters. The number of halogens is 2. The number of likely N-dealkylation sites (tertiary alicyclic amines) is 1. The third-order valence-electron chi connectivity index (χ3n) is 6.99. The molecule has 200 valence electrons. The van der Waals surface area contributed by atoms with Crippen molar-refractivity contribution >= 4 is 52.4 Å². The van der Waals surface area contributed by atoms with E-state index in [-0.39, 0.29) is 17.7 Å². The van der Waals surface area contributed by atoms with Gasteiger partial charge in [0.2, 0.25) is 5.91 Å². The molecule has 0 radical (unpaired) electrons. The Morgan fingerprint density at radius 1 is 0.895 bits per heavy atom. The Bertz CT molecular complexity index is 1220. The first-order chi connectivity index (χ1) is 18.5. The normalized spacial score (nSPS) is 17.0. The van der Waals surface area contributed by atoms with Crippen LogP contribution >= 0.6 is 35.0 Å². The van der Waals surface area contributed by atoms with Crippen LogP contribution in [-0.2, 0) is 11.3 Å². The molecule has 7 nitrogen and oxygen atoms in total. The number of hydrogen-bond donors (Lipinski definition) is 1. The second-order valence-electron chi connectivity index (χ2n) is 9.65. The van der Waals surface area contributed by atoms with E-state index in [2.05, 4.69) is 49.3 Å². The van der Waals surface area contributed by atoms with E-state index in [1.807, 2.05) is 30.3 Å². The van der Waals surface area contributed by atoms with Gasteiger partial charge in [-0.25, -0.2) is 9.97 Å². The summed E-state index contributed by atoms with van der Waals surface area (Å²) in [6.07, 6.45) is 1.92. The second-order valence-corrected chi connectivity index (χ2v) is 11.4. The van der Waals surface area contributed by atoms with Gasteiger partial charge in [-0.15, -0.1) is 0 Å². The second kappa shape index (κ2) is 13.0. The Morgan fingerprint density at radius 2 is 1.58 bits per heavy atom. The molecule has 38 heavy (non-hydrogen) atoms. The summed E-state index contributed by atoms with van der Waals surface area (Å²) in [4.78, 5) is 28.7. The fourth-order valence-electron chi connectivity index (χ4n) is 4.97. The molecular weight excluding hydrogens is 539 g/mol. The van der Waals surface area contributed by atoms with Gasteiger partial charge in [0, 0.05) is 57.9 Å². The fraction of sp³-hybridized carbons (Fsp3) is 0.393. The van der Waals surface area contributed by atoms with Gasteiger partial charge < -0.3 is 15.1 Å². The summed E-state index contributed by atoms with van der Waals surface area (Å²) in [7, 11) is 0. The maximum atomic E-state index is 12.7. The number of thioether (sulfide) groups is 1. The summed E-state index contributed by atoms with van der Waals surface area (Å²) in [5.74, 6) is 1.07. The van der Waals surface area contributed by atoms with Gasteiger partial charge in [-0.05, 0) is 30.5 Å². The first kappa shape index (κ1) is 27.1. The maximum absolute atomic E-state index is 12.7. The van der Waals surface area contributed by atoms with Gasteiger partial charge in [0.1, 0.15) is 11.0 Å². The van der Waals surface area contributed by atoms with Gasteiger partial charge in [-0.1, -0.05) is 77.4 Å². The van der Waals surface area contributed by atoms with Gasteiger partial charge >= 0.3 is 0 Å². The highest BCUT2D eigenvalue weighted by Crippen LogP contribution is 2.28. The van der Waals surface area contributed by atoms with E-state index in [0.29, 0.717) is 10.3 Å². The van der Waals surface area contributed by atoms with Crippen LogP contribution in [0.2, 0.25) is 10.2 Å². The maximum Gasteiger partial charge on any atom is 0.230 e. The zero-order chi connectivity index (χ0) is 26.3. The Kier molecular flexibility index (Phi) is 9.27. The van der Waals surface area contributed by atoms with E-state index in [0.717, 1.165) is 75.2 Å². The molecule has 3 aromatic rings. The minimum Gasteiger partial charge on any atom is -0.367 e. The molecule has 2 fully saturated rings. The number of aromatic nitrogens is 2. The minimum absolute atomic E-state index is 0.00925. The quantitative estimate of drug-likeness (QED) is 0.232. The predicted molar refractivity (Wildman–Crippen MR) is 157 cm³/mol. The third kappa shape index (κ3) is 7.32. The summed E-state index contributed by atoms with van der Waals surface area (Å²) in [5.41, 5.74) is 2.38. The Hall–Kier alpha value is -2.52. The lowest BCUT2D eigenvalue weighted by molar-refractivity contribution is -0.119. The van der Waals surface area contributed by atoms with Crippen LogP contribution in [0.1, 0.15) is 18.4 Å². The monoisotopic (exact) mass is 570 g/mol. The lowest BCUT2D eigenvalue weighted by Crippen LogP contribution is -2.47. The van der Waals surface area contributed by atoms with Crippen molar-refractivity contribution < 1.29 is 4.79 Å². The summed E-state index contributed by atoms with van der Waals surface area (Å²) < 4.78 is 0. The van der Waals surface area contributed by atoms with Crippen molar-refractivity contribution in [1.82, 2.24) is 20.2 Å². The lowest BCUT2D eigenvalue weighted by Gasteiger charge is -2.37. The summed E-state index contributed by atoms with van der Waals surface area (Å²) in [6.45, 7) is 6.19. The van der Waals surface area contributed by atoms with Crippen LogP contribution in [0.25, 0.3) is 0 Å². The predicted octanol–water partition coefficient (Wildman–Crippen LogP) is 4.98. The topological polar surface area (TPSA) is 64.6 Å². The molecular formula is C28H32Cl2N6OS. The molecule has 0 unspecified atom stereocenters. The average Bonchev–Trinajstić information content (AvgIpc) is 2.94. The van der Waals surface area contributed by atoms with Gasteiger partial charge in [0.25, 0.3) is 0 Å². The summed E-state index contributed by atoms with van der Waals surface area (Å²) in [5, 5.41) is 4.86. The Morgan fingerprint density at radius 3 is 2.32 bits per heavy atom. The van der Waals surface area contributed by atoms with E-state index in [1.54, 1.807) is 6.07 Å². The Labute approximate surface area is 238 Å². The molecule has 0 saturated carbocycles. The molecule has 3 heterocycles. The SMILES string of the molecule is O=C(CSc1nc(Cl)cc(N2CCN(c3ccccc3Cl)CC2)n1)NC1CCN(Cc2ccccc2)CC1. The van der Waals surface area contributed by atoms with Crippen molar-refractivity contribution in [3.8, 4) is 0 Å². The molecule has 1 N–H and O–H groups in total. The number of para-hydroxylation sites is 1. The number of nitrogens with one attached hydrogen (secondary N) is 1. The molecule has 2 aliphatic rings. The molecule has 1 aromatic heterocycles. The number of anilines is 2. The molecule has 5 rings (SSSR count). The van der Waals surface area contributed by atoms with E-state index in [4.69, 9.17) is 28.2 Å². The highest BCUT2D eigenvalue weighted by atomic mass is 35.5. The van der Waals surface area contributed by atoms with E-state index < -0.39 is 0 Å². The third-order valence-corrected chi connectivity index (χ3v) is 8.35. The van der Waals surface area contributed by atoms with Crippen LogP contribution in [0.5, 0.6) is 0 Å². The van der Waals surface area contributed by atoms with E-state index in [9.17, 15) is 4.79 Å². The van der Waals surface area contributed by atoms with Crippen LogP contribution in [0.3, 0.4) is 0 Å². The fourth-order valence-corrected chi connectivity index (χ4v) is 6.12. The van der Waals surface area contributed by atoms with Crippen LogP contribution in [0.4, 0.5) is 11.5 Å². The molecule has 10 heteroatoms. The summed E-state index contributed by atoms with van der Waals surface area (Å²) >= 11 is 14.0. The van der Waals surface area contributed by atoms with Crippen LogP contribution in [0.15, 0.2) is 65.8 Å². The number of carbonyl (C=O) groups is 1. The highest BCUT2D eigenvalue weighted by Gasteiger charge is 2.23. The zero-order valence-electron chi connectivity index (χ0n) is 21.2. The van der Waals surface area contributed by atoms with Gasteiger partial charge in [0.05, 0.1) is 16.5 Å². The van der Waals surface area contributed by atoms with Crippen molar-refractivity contribution in [2.45, 2.75) is 30.6 Å². The lowest BCUT2D eigenvalue weighted by atomic mass is 10.0. The van der Waals surface area contributed by atoms with Crippen molar-refractivity contribution in [2.75, 3.05) is 54.8 Å². The number of piperazine rings is 1. The van der Waals surface area contributed by atoms with Gasteiger partial charge in [-0.3, -0.25) is 9.69 Å². The summed E-state index contributed by atoms with van der Waals surface area (Å²) in [6, 6.07) is 20.4. The molecule has 0 bridgehead atoms. The van der Waals surface area contributed by atoms with Crippen LogP contribution < -0.4 is 15.1 Å². The van der Waals surface area contributed by atoms with Crippen molar-refractivity contribution in [1.29, 1.82) is 0 Å². The molecule has 2 aromatic carbocycles. The van der Waals surface area contributed by atoms with E-state index in [1.165, 1.54) is 17.3 Å². The van der Waals surface area contributed by atoms with Crippen molar-refractivity contribution in [2.24, 2.45) is 0 Å². The minimum atomic E-state index is 0.00925. The largest absolute Gasteiger partial charge is 0.367 e.